The summed E-state index contributed by atoms with van der Waals surface area (Å²) in [5.74, 6) is 1.20. The fourth-order valence-corrected chi connectivity index (χ4v) is 1.95. The third kappa shape index (κ3) is 2.67. The van der Waals surface area contributed by atoms with Gasteiger partial charge in [0.2, 0.25) is 0 Å². The largest absolute Gasteiger partial charge is 0.334 e. The second kappa shape index (κ2) is 5.38. The molecule has 2 aromatic heterocycles. The van der Waals surface area contributed by atoms with E-state index < -0.39 is 0 Å². The van der Waals surface area contributed by atoms with E-state index in [2.05, 4.69) is 34.3 Å². The van der Waals surface area contributed by atoms with Crippen molar-refractivity contribution >= 4 is 10.9 Å². The van der Waals surface area contributed by atoms with E-state index in [1.54, 1.807) is 6.20 Å². The van der Waals surface area contributed by atoms with Gasteiger partial charge in [-0.1, -0.05) is 25.1 Å². The van der Waals surface area contributed by atoms with Gasteiger partial charge in [0.05, 0.1) is 12.1 Å². The van der Waals surface area contributed by atoms with Crippen LogP contribution >= 0.6 is 0 Å². The van der Waals surface area contributed by atoms with Crippen molar-refractivity contribution in [1.29, 1.82) is 0 Å². The first kappa shape index (κ1) is 12.7. The number of fused-ring (bicyclic) bond motifs is 1. The number of nitrogens with one attached hydrogen (secondary N) is 1. The van der Waals surface area contributed by atoms with Crippen molar-refractivity contribution in [3.05, 3.63) is 42.4 Å². The highest BCUT2D eigenvalue weighted by Crippen LogP contribution is 2.21. The van der Waals surface area contributed by atoms with Crippen molar-refractivity contribution in [3.8, 4) is 11.5 Å². The molecule has 0 bridgehead atoms. The molecule has 3 aromatic rings. The van der Waals surface area contributed by atoms with Gasteiger partial charge in [0.15, 0.2) is 5.82 Å². The van der Waals surface area contributed by atoms with Crippen LogP contribution in [0.25, 0.3) is 22.4 Å². The summed E-state index contributed by atoms with van der Waals surface area (Å²) in [5.41, 5.74) is 1.87. The van der Waals surface area contributed by atoms with E-state index in [9.17, 15) is 0 Å². The summed E-state index contributed by atoms with van der Waals surface area (Å²) in [6.07, 6.45) is 1.78. The number of nitrogens with zero attached hydrogens (tertiary/aromatic N) is 3. The maximum atomic E-state index is 5.31. The van der Waals surface area contributed by atoms with Crippen LogP contribution in [0.2, 0.25) is 0 Å². The van der Waals surface area contributed by atoms with E-state index in [1.807, 2.05) is 30.3 Å². The third-order valence-corrected chi connectivity index (χ3v) is 2.99. The Morgan fingerprint density at radius 1 is 1.25 bits per heavy atom. The predicted octanol–water partition coefficient (Wildman–Crippen LogP) is 2.78. The summed E-state index contributed by atoms with van der Waals surface area (Å²) < 4.78 is 5.31. The molecule has 0 spiro atoms. The average molecular weight is 268 g/mol. The van der Waals surface area contributed by atoms with Gasteiger partial charge in [0, 0.05) is 23.2 Å². The van der Waals surface area contributed by atoms with E-state index >= 15 is 0 Å². The van der Waals surface area contributed by atoms with Gasteiger partial charge in [0.1, 0.15) is 0 Å². The minimum absolute atomic E-state index is 0.392. The highest BCUT2D eigenvalue weighted by atomic mass is 16.5. The molecule has 1 aromatic carbocycles. The van der Waals surface area contributed by atoms with Gasteiger partial charge in [-0.3, -0.25) is 4.98 Å². The molecule has 1 N–H and O–H groups in total. The number of benzene rings is 1. The first-order valence-electron chi connectivity index (χ1n) is 6.63. The number of hydrogen-bond donors (Lipinski definition) is 1. The van der Waals surface area contributed by atoms with Crippen LogP contribution in [0.4, 0.5) is 0 Å². The molecular formula is C15H16N4O. The lowest BCUT2D eigenvalue weighted by Gasteiger charge is -2.03. The quantitative estimate of drug-likeness (QED) is 0.788. The van der Waals surface area contributed by atoms with Crippen LogP contribution in [0.3, 0.4) is 0 Å². The Bertz CT molecular complexity index is 720. The lowest BCUT2D eigenvalue weighted by atomic mass is 10.1. The molecule has 0 unspecified atom stereocenters. The molecule has 102 valence electrons. The molecule has 5 heteroatoms. The Kier molecular flexibility index (Phi) is 3.43. The molecule has 0 saturated carbocycles. The Hall–Kier alpha value is -2.27. The monoisotopic (exact) mass is 268 g/mol. The van der Waals surface area contributed by atoms with Crippen molar-refractivity contribution < 1.29 is 4.52 Å². The van der Waals surface area contributed by atoms with Crippen LogP contribution in [0, 0.1) is 0 Å². The molecule has 20 heavy (non-hydrogen) atoms. The fraction of sp³-hybridized carbons (Fsp3) is 0.267. The first-order valence-corrected chi connectivity index (χ1v) is 6.63. The third-order valence-electron chi connectivity index (χ3n) is 2.99. The zero-order chi connectivity index (χ0) is 13.9. The lowest BCUT2D eigenvalue weighted by molar-refractivity contribution is 0.417. The molecule has 0 aliphatic heterocycles. The van der Waals surface area contributed by atoms with Crippen LogP contribution < -0.4 is 5.32 Å². The minimum atomic E-state index is 0.392. The van der Waals surface area contributed by atoms with Gasteiger partial charge in [-0.15, -0.1) is 0 Å². The molecule has 5 nitrogen and oxygen atoms in total. The van der Waals surface area contributed by atoms with Gasteiger partial charge in [-0.2, -0.15) is 4.98 Å². The van der Waals surface area contributed by atoms with Gasteiger partial charge < -0.3 is 9.84 Å². The van der Waals surface area contributed by atoms with Gasteiger partial charge >= 0.3 is 0 Å². The summed E-state index contributed by atoms with van der Waals surface area (Å²) in [6.45, 7) is 4.77. The van der Waals surface area contributed by atoms with Gasteiger partial charge in [-0.05, 0) is 24.3 Å². The minimum Gasteiger partial charge on any atom is -0.334 e. The molecule has 0 aliphatic rings. The standard InChI is InChI=1S/C15H16N4O/c1-10(2)17-9-14-18-15(20-19-14)12-5-6-13-11(8-12)4-3-7-16-13/h3-8,10,17H,9H2,1-2H3. The molecule has 0 fully saturated rings. The maximum absolute atomic E-state index is 5.31. The molecule has 0 radical (unpaired) electrons. The summed E-state index contributed by atoms with van der Waals surface area (Å²) in [6, 6.07) is 10.2. The van der Waals surface area contributed by atoms with Crippen molar-refractivity contribution in [2.75, 3.05) is 0 Å². The maximum Gasteiger partial charge on any atom is 0.257 e. The highest BCUT2D eigenvalue weighted by Gasteiger charge is 2.09. The average Bonchev–Trinajstić information content (AvgIpc) is 2.93. The van der Waals surface area contributed by atoms with E-state index in [0.717, 1.165) is 16.5 Å². The molecular weight excluding hydrogens is 252 g/mol. The van der Waals surface area contributed by atoms with Crippen LogP contribution in [-0.2, 0) is 6.54 Å². The second-order valence-electron chi connectivity index (χ2n) is 4.96. The molecule has 3 rings (SSSR count). The zero-order valence-corrected chi connectivity index (χ0v) is 11.5. The second-order valence-corrected chi connectivity index (χ2v) is 4.96. The normalized spacial score (nSPS) is 11.3. The summed E-state index contributed by atoms with van der Waals surface area (Å²) in [7, 11) is 0. The van der Waals surface area contributed by atoms with E-state index in [1.165, 1.54) is 0 Å². The number of aromatic nitrogens is 3. The Morgan fingerprint density at radius 3 is 3.00 bits per heavy atom. The number of pyridine rings is 1. The Balaban J connectivity index is 1.87. The molecule has 0 atom stereocenters. The lowest BCUT2D eigenvalue weighted by Crippen LogP contribution is -2.22. The van der Waals surface area contributed by atoms with Gasteiger partial charge in [-0.25, -0.2) is 0 Å². The van der Waals surface area contributed by atoms with Crippen LogP contribution in [0.5, 0.6) is 0 Å². The van der Waals surface area contributed by atoms with Crippen LogP contribution in [0.1, 0.15) is 19.7 Å². The van der Waals surface area contributed by atoms with Crippen molar-refractivity contribution in [3.63, 3.8) is 0 Å². The predicted molar refractivity (Wildman–Crippen MR) is 77.0 cm³/mol. The van der Waals surface area contributed by atoms with Crippen molar-refractivity contribution in [1.82, 2.24) is 20.4 Å². The smallest absolute Gasteiger partial charge is 0.257 e. The van der Waals surface area contributed by atoms with E-state index in [-0.39, 0.29) is 0 Å². The summed E-state index contributed by atoms with van der Waals surface area (Å²) >= 11 is 0. The van der Waals surface area contributed by atoms with Crippen molar-refractivity contribution in [2.24, 2.45) is 0 Å². The zero-order valence-electron chi connectivity index (χ0n) is 11.5. The topological polar surface area (TPSA) is 63.8 Å². The van der Waals surface area contributed by atoms with Crippen LogP contribution in [-0.4, -0.2) is 21.2 Å². The summed E-state index contributed by atoms with van der Waals surface area (Å²) in [5, 5.41) is 8.30. The SMILES string of the molecule is CC(C)NCc1noc(-c2ccc3ncccc3c2)n1. The fourth-order valence-electron chi connectivity index (χ4n) is 1.95. The molecule has 2 heterocycles. The summed E-state index contributed by atoms with van der Waals surface area (Å²) in [4.78, 5) is 8.69. The van der Waals surface area contributed by atoms with E-state index in [4.69, 9.17) is 4.52 Å². The molecule has 0 saturated heterocycles. The van der Waals surface area contributed by atoms with E-state index in [0.29, 0.717) is 24.3 Å². The molecule has 0 amide bonds. The number of hydrogen-bond acceptors (Lipinski definition) is 5. The van der Waals surface area contributed by atoms with Crippen molar-refractivity contribution in [2.45, 2.75) is 26.4 Å². The molecule has 0 aliphatic carbocycles. The van der Waals surface area contributed by atoms with Gasteiger partial charge in [0.25, 0.3) is 5.89 Å². The first-order chi connectivity index (χ1) is 9.72. The van der Waals surface area contributed by atoms with Crippen LogP contribution in [0.15, 0.2) is 41.1 Å². The Labute approximate surface area is 117 Å². The Morgan fingerprint density at radius 2 is 2.15 bits per heavy atom. The highest BCUT2D eigenvalue weighted by molar-refractivity contribution is 5.82. The number of rotatable bonds is 4.